The summed E-state index contributed by atoms with van der Waals surface area (Å²) in [6.07, 6.45) is -13.0. The number of nitrogens with one attached hydrogen (secondary N) is 5. The third kappa shape index (κ3) is 34.8. The number of amides is 7. The van der Waals surface area contributed by atoms with Gasteiger partial charge in [0.05, 0.1) is 203 Å². The number of benzene rings is 1. The number of ether oxygens (including phenoxy) is 20. The number of nitrogens with zero attached hydrogens (tertiary/aromatic N) is 2. The lowest BCUT2D eigenvalue weighted by Gasteiger charge is -2.47. The van der Waals surface area contributed by atoms with E-state index in [0.29, 0.717) is 115 Å². The maximum Gasteiger partial charge on any atom is 0.411 e. The largest absolute Gasteiger partial charge is 0.492 e. The fraction of sp³-hybridized carbons (Fsp3) is 0.700. The number of ketones is 1. The molecule has 42 nitrogen and oxygen atoms in total. The number of hydrogen-bond acceptors (Lipinski definition) is 39. The molecule has 0 radical (unpaired) electrons. The van der Waals surface area contributed by atoms with Crippen molar-refractivity contribution in [2.45, 2.75) is 220 Å². The van der Waals surface area contributed by atoms with E-state index in [0.717, 1.165) is 23.8 Å². The first kappa shape index (κ1) is 114. The van der Waals surface area contributed by atoms with Gasteiger partial charge in [0.1, 0.15) is 36.6 Å². The highest BCUT2D eigenvalue weighted by molar-refractivity contribution is 14.1. The van der Waals surface area contributed by atoms with Crippen molar-refractivity contribution in [1.29, 1.82) is 0 Å². The van der Waals surface area contributed by atoms with Crippen molar-refractivity contribution in [2.24, 2.45) is 0 Å². The van der Waals surface area contributed by atoms with E-state index in [9.17, 15) is 68.7 Å². The van der Waals surface area contributed by atoms with E-state index in [1.807, 2.05) is 43.4 Å². The molecule has 0 unspecified atom stereocenters. The highest BCUT2D eigenvalue weighted by Crippen LogP contribution is 2.50. The van der Waals surface area contributed by atoms with E-state index in [4.69, 9.17) is 99.6 Å². The Balaban J connectivity index is 0.773. The van der Waals surface area contributed by atoms with Crippen molar-refractivity contribution < 1.29 is 168 Å². The second-order valence-corrected chi connectivity index (χ2v) is 37.8. The number of Topliss-reactive ketones (excluding diaryl/α,β-unsaturated/α-hetero) is 1. The Kier molecular flexibility index (Phi) is 49.8. The lowest BCUT2D eigenvalue weighted by molar-refractivity contribution is -0.337. The first-order chi connectivity index (χ1) is 65.2. The molecule has 4 saturated heterocycles. The van der Waals surface area contributed by atoms with Gasteiger partial charge in [-0.1, -0.05) is 63.1 Å². The van der Waals surface area contributed by atoms with Crippen LogP contribution >= 0.6 is 55.9 Å². The number of aliphatic hydroxyl groups is 5. The first-order valence-electron chi connectivity index (χ1n) is 44.9. The highest BCUT2D eigenvalue weighted by Gasteiger charge is 2.53. The number of aliphatic hydroxyl groups excluding tert-OH is 4. The molecule has 7 amide bonds. The second kappa shape index (κ2) is 59.2. The number of carbonyl (C=O) groups is 9. The third-order valence-electron chi connectivity index (χ3n) is 22.4. The van der Waals surface area contributed by atoms with E-state index in [1.54, 1.807) is 38.7 Å². The summed E-state index contributed by atoms with van der Waals surface area (Å²) in [6, 6.07) is -1.75. The van der Waals surface area contributed by atoms with Gasteiger partial charge in [-0.25, -0.2) is 4.79 Å². The van der Waals surface area contributed by atoms with E-state index in [1.165, 1.54) is 81.3 Å². The summed E-state index contributed by atoms with van der Waals surface area (Å²) in [5, 5.41) is 68.7. The zero-order chi connectivity index (χ0) is 99.0. The Morgan fingerprint density at radius 1 is 0.662 bits per heavy atom. The van der Waals surface area contributed by atoms with Crippen LogP contribution in [-0.4, -0.2) is 394 Å². The summed E-state index contributed by atoms with van der Waals surface area (Å²) < 4.78 is 117. The molecule has 762 valence electrons. The number of rotatable bonds is 58. The molecule has 2 bridgehead atoms. The van der Waals surface area contributed by atoms with Gasteiger partial charge < -0.3 is 141 Å². The number of thioether (sulfide) groups is 1. The van der Waals surface area contributed by atoms with Gasteiger partial charge >= 0.3 is 6.09 Å². The van der Waals surface area contributed by atoms with Gasteiger partial charge in [0.15, 0.2) is 41.8 Å². The molecule has 46 heteroatoms. The highest BCUT2D eigenvalue weighted by atomic mass is 127. The minimum atomic E-state index is -2.23. The van der Waals surface area contributed by atoms with Crippen molar-refractivity contribution in [3.63, 3.8) is 0 Å². The number of carbonyl (C=O) groups excluding carboxylic acids is 9. The molecule has 2 aliphatic carbocycles. The molecular weight excluding hydrogens is 1960 g/mol. The molecule has 0 spiro atoms. The predicted octanol–water partition coefficient (Wildman–Crippen LogP) is 1.92. The van der Waals surface area contributed by atoms with Gasteiger partial charge in [-0.3, -0.25) is 53.4 Å². The standard InChI is InChI=1S/C90H132IN7O35S3/c1-14-97(57(6)99)59-52-126-69(50-63(59)113-9)131-82-77(108)74(96-133-70-49-60(100)84(56(5)127-70)135-85(110)71-53(2)73(91)80(83(116-12)79(71)114-10)132-86-78(109)81(115-11)76(107)55(4)129-86)54(3)128-87(82)130-62-19-17-15-16-18-26-90(112)51-61(101)75(95-88(111)117-13)72(62)58(90)25-48-134-136-89(7,8)27-22-64(102)92-28-29-93-66(104)24-32-118-34-36-120-38-40-122-42-44-124-46-47-125-45-43-123-41-39-121-37-35-119-33-30-94-65(103)23-31-98-67(105)20-21-68(98)106/h15-16,20-21,25,54-56,59-60,62-63,69-70,74,76-78,81-82,84,86-87,96,100,107-109,112H,14,22-24,27-52H2,1-13H3,(H,92,102)(H,93,104)(H,94,103)(H,95,111)/b16-15-,58-25+/t54-,55+,56-,59+,60+,62+,63+,69+,70+,74-,76+,77+,78-,81-,82-,84-,86+,87+,90+/m1/s1. The van der Waals surface area contributed by atoms with Gasteiger partial charge in [0.2, 0.25) is 40.8 Å². The van der Waals surface area contributed by atoms with Gasteiger partial charge in [-0.05, 0) is 95.2 Å². The maximum atomic E-state index is 14.6. The minimum absolute atomic E-state index is 0.00154. The van der Waals surface area contributed by atoms with Crippen LogP contribution in [0, 0.1) is 34.2 Å². The van der Waals surface area contributed by atoms with Crippen molar-refractivity contribution in [2.75, 3.05) is 186 Å². The van der Waals surface area contributed by atoms with Crippen LogP contribution in [-0.2, 0) is 119 Å². The predicted molar refractivity (Wildman–Crippen MR) is 499 cm³/mol. The van der Waals surface area contributed by atoms with Gasteiger partial charge in [0.25, 0.3) is 11.8 Å². The number of fused-ring (bicyclic) bond motifs is 2. The number of hydrogen-bond donors (Lipinski definition) is 10. The lowest BCUT2D eigenvalue weighted by Crippen LogP contribution is -2.65. The van der Waals surface area contributed by atoms with Crippen LogP contribution in [0.2, 0.25) is 0 Å². The monoisotopic (exact) mass is 2090 g/mol. The van der Waals surface area contributed by atoms with Crippen molar-refractivity contribution >= 4 is 108 Å². The Morgan fingerprint density at radius 3 is 1.81 bits per heavy atom. The van der Waals surface area contributed by atoms with E-state index < -0.39 is 155 Å². The summed E-state index contributed by atoms with van der Waals surface area (Å²) in [6.45, 7) is 20.1. The van der Waals surface area contributed by atoms with Crippen LogP contribution in [0.3, 0.4) is 0 Å². The van der Waals surface area contributed by atoms with Gasteiger partial charge in [0, 0.05) is 120 Å². The molecule has 7 aliphatic rings. The molecule has 0 aromatic heterocycles. The topological polar surface area (TPSA) is 515 Å². The van der Waals surface area contributed by atoms with E-state index >= 15 is 0 Å². The number of methoxy groups -OCH3 is 5. The molecule has 19 atom stereocenters. The smallest absolute Gasteiger partial charge is 0.411 e. The lowest BCUT2D eigenvalue weighted by atomic mass is 9.75. The quantitative estimate of drug-likeness (QED) is 0.0111. The van der Waals surface area contributed by atoms with Crippen LogP contribution in [0.4, 0.5) is 4.79 Å². The summed E-state index contributed by atoms with van der Waals surface area (Å²) in [7, 11) is 9.41. The molecule has 1 aromatic carbocycles. The molecule has 5 heterocycles. The number of likely N-dealkylation sites (N-methyl/N-ethyl adjacent to an activating group) is 1. The molecule has 1 aromatic rings. The molecular formula is C90H132IN7O35S3. The van der Waals surface area contributed by atoms with Crippen molar-refractivity contribution in [3.8, 4) is 40.9 Å². The molecule has 4 fully saturated rings. The molecule has 10 N–H and O–H groups in total. The fourth-order valence-corrected chi connectivity index (χ4v) is 19.4. The third-order valence-corrected chi connectivity index (χ3v) is 28.3. The van der Waals surface area contributed by atoms with Crippen LogP contribution < -0.4 is 41.0 Å². The fourth-order valence-electron chi connectivity index (χ4n) is 15.2. The molecule has 0 saturated carbocycles. The van der Waals surface area contributed by atoms with Crippen LogP contribution in [0.1, 0.15) is 109 Å². The zero-order valence-corrected chi connectivity index (χ0v) is 83.6. The summed E-state index contributed by atoms with van der Waals surface area (Å²) >= 11 is 2.77. The molecule has 136 heavy (non-hydrogen) atoms. The minimum Gasteiger partial charge on any atom is -0.492 e. The molecule has 8 rings (SSSR count). The number of allylic oxidation sites excluding steroid dienone is 3. The second-order valence-electron chi connectivity index (χ2n) is 32.5. The van der Waals surface area contributed by atoms with E-state index in [-0.39, 0.29) is 147 Å². The average Bonchev–Trinajstić information content (AvgIpc) is 0.971. The number of imide groups is 1. The Labute approximate surface area is 817 Å². The number of hydroxylamine groups is 1. The summed E-state index contributed by atoms with van der Waals surface area (Å²) in [5.41, 5.74) is 0.695. The van der Waals surface area contributed by atoms with Crippen LogP contribution in [0.15, 0.2) is 47.2 Å². The van der Waals surface area contributed by atoms with Crippen molar-refractivity contribution in [3.05, 3.63) is 61.9 Å². The van der Waals surface area contributed by atoms with Crippen LogP contribution in [0.25, 0.3) is 0 Å². The van der Waals surface area contributed by atoms with Gasteiger partial charge in [-0.15, -0.1) is 0 Å². The SMILES string of the molecule is CCN(C(C)=O)[C@H]1CO[C@@H](O[C@H]2[C@H](O[C@H]3C#C/C=C\C#C[C@]4(O)CC(=O)C(NC(=O)OC)=C3/C4=C\CSSC(C)(C)CCC(=O)NCCNC(=O)CCOCCOCCOCCOCCOCCOCCOCCOCCNC(=O)CCN3C(=O)C=CC3=O)O[C@H](C)[C@@H](NO[C@H]3C[C@H](O)[C@H](SC(=O)c4c(C)c(I)c(O[C@@H]5O[C@@H](C)[C@H](O)[C@@H](OC)[C@H]5O)c(OC)c4OC)[C@@H](C)O3)[C@@H]2O)C[C@@H]1OC. The number of alkyl carbamates (subject to hydrolysis) is 1. The summed E-state index contributed by atoms with van der Waals surface area (Å²) in [4.78, 5) is 125. The van der Waals surface area contributed by atoms with Crippen molar-refractivity contribution in [1.82, 2.24) is 36.5 Å². The average molecular weight is 2100 g/mol. The Morgan fingerprint density at radius 2 is 1.24 bits per heavy atom. The zero-order valence-electron chi connectivity index (χ0n) is 79.0. The van der Waals surface area contributed by atoms with E-state index in [2.05, 4.69) is 50.4 Å². The Hall–Kier alpha value is -6.81. The molecule has 5 aliphatic heterocycles. The van der Waals surface area contributed by atoms with Crippen LogP contribution in [0.5, 0.6) is 17.2 Å². The first-order valence-corrected chi connectivity index (χ1v) is 49.2. The number of halogens is 1. The maximum absolute atomic E-state index is 14.6. The normalized spacial score (nSPS) is 27.2. The summed E-state index contributed by atoms with van der Waals surface area (Å²) in [5.74, 6) is 9.11. The van der Waals surface area contributed by atoms with Gasteiger partial charge in [-0.2, -0.15) is 5.48 Å². The Bertz CT molecular complexity index is 4310.